The Labute approximate surface area is 132 Å². The molecule has 0 aromatic carbocycles. The molecular formula is C16H27N3OS. The van der Waals surface area contributed by atoms with E-state index in [-0.39, 0.29) is 17.4 Å². The molecule has 0 bridgehead atoms. The second kappa shape index (κ2) is 7.69. The van der Waals surface area contributed by atoms with E-state index in [2.05, 4.69) is 36.4 Å². The lowest BCUT2D eigenvalue weighted by atomic mass is 9.90. The molecule has 1 atom stereocenters. The van der Waals surface area contributed by atoms with Gasteiger partial charge in [-0.25, -0.2) is 4.98 Å². The second-order valence-electron chi connectivity index (χ2n) is 6.24. The third-order valence-electron chi connectivity index (χ3n) is 3.01. The number of thioether (sulfide) groups is 1. The second-order valence-corrected chi connectivity index (χ2v) is 7.15. The summed E-state index contributed by atoms with van der Waals surface area (Å²) in [6.45, 7) is 11.1. The van der Waals surface area contributed by atoms with Gasteiger partial charge in [0.25, 0.3) is 5.91 Å². The predicted octanol–water partition coefficient (Wildman–Crippen LogP) is 3.29. The molecule has 0 saturated heterocycles. The molecule has 118 valence electrons. The lowest BCUT2D eigenvalue weighted by Crippen LogP contribution is -2.34. The molecule has 0 aliphatic carbocycles. The molecule has 4 nitrogen and oxygen atoms in total. The number of pyridine rings is 1. The number of nitrogens with one attached hydrogen (secondary N) is 2. The Hall–Kier alpha value is -1.23. The van der Waals surface area contributed by atoms with Crippen LogP contribution in [0.4, 0.5) is 5.82 Å². The number of nitrogens with zero attached hydrogens (tertiary/aromatic N) is 1. The maximum absolute atomic E-state index is 12.4. The lowest BCUT2D eigenvalue weighted by molar-refractivity contribution is 0.0943. The molecule has 5 heteroatoms. The highest BCUT2D eigenvalue weighted by atomic mass is 32.2. The zero-order valence-corrected chi connectivity index (χ0v) is 14.7. The van der Waals surface area contributed by atoms with Crippen LogP contribution in [0.2, 0.25) is 0 Å². The third kappa shape index (κ3) is 5.58. The average Bonchev–Trinajstić information content (AvgIpc) is 2.38. The standard InChI is InChI=1S/C16H27N3OS/c1-7-17-14-9-12(8-13(19-14)16(3,4)5)15(20)18-11(2)10-21-6/h8-9,11H,7,10H2,1-6H3,(H,17,19)(H,18,20). The minimum absolute atomic E-state index is 0.0383. The van der Waals surface area contributed by atoms with Crippen molar-refractivity contribution >= 4 is 23.5 Å². The van der Waals surface area contributed by atoms with Crippen LogP contribution in [-0.2, 0) is 5.41 Å². The molecule has 0 radical (unpaired) electrons. The average molecular weight is 309 g/mol. The monoisotopic (exact) mass is 309 g/mol. The van der Waals surface area contributed by atoms with E-state index >= 15 is 0 Å². The van der Waals surface area contributed by atoms with Crippen LogP contribution in [0, 0.1) is 0 Å². The molecule has 0 spiro atoms. The zero-order valence-electron chi connectivity index (χ0n) is 13.9. The summed E-state index contributed by atoms with van der Waals surface area (Å²) in [6, 6.07) is 3.86. The normalized spacial score (nSPS) is 12.9. The third-order valence-corrected chi connectivity index (χ3v) is 3.84. The molecule has 21 heavy (non-hydrogen) atoms. The van der Waals surface area contributed by atoms with E-state index in [1.165, 1.54) is 0 Å². The Morgan fingerprint density at radius 3 is 2.57 bits per heavy atom. The van der Waals surface area contributed by atoms with Gasteiger partial charge in [-0.05, 0) is 32.2 Å². The van der Waals surface area contributed by atoms with Crippen molar-refractivity contribution in [2.75, 3.05) is 23.9 Å². The quantitative estimate of drug-likeness (QED) is 0.846. The van der Waals surface area contributed by atoms with E-state index in [1.54, 1.807) is 11.8 Å². The molecule has 0 saturated carbocycles. The van der Waals surface area contributed by atoms with Crippen molar-refractivity contribution in [3.8, 4) is 0 Å². The zero-order chi connectivity index (χ0) is 16.0. The summed E-state index contributed by atoms with van der Waals surface area (Å²) < 4.78 is 0. The maximum atomic E-state index is 12.4. The van der Waals surface area contributed by atoms with Gasteiger partial charge >= 0.3 is 0 Å². The van der Waals surface area contributed by atoms with Crippen LogP contribution >= 0.6 is 11.8 Å². The molecule has 1 heterocycles. The minimum atomic E-state index is -0.0919. The van der Waals surface area contributed by atoms with Crippen LogP contribution in [0.25, 0.3) is 0 Å². The van der Waals surface area contributed by atoms with E-state index < -0.39 is 0 Å². The van der Waals surface area contributed by atoms with Gasteiger partial charge in [-0.15, -0.1) is 0 Å². The summed E-state index contributed by atoms with van der Waals surface area (Å²) >= 11 is 1.73. The predicted molar refractivity (Wildman–Crippen MR) is 92.4 cm³/mol. The first kappa shape index (κ1) is 17.8. The van der Waals surface area contributed by atoms with Crippen molar-refractivity contribution < 1.29 is 4.79 Å². The Kier molecular flexibility index (Phi) is 6.52. The number of aromatic nitrogens is 1. The summed E-state index contributed by atoms with van der Waals surface area (Å²) in [5, 5.41) is 6.23. The number of rotatable bonds is 6. The number of carbonyl (C=O) groups excluding carboxylic acids is 1. The minimum Gasteiger partial charge on any atom is -0.370 e. The number of anilines is 1. The van der Waals surface area contributed by atoms with Crippen LogP contribution in [0.3, 0.4) is 0 Å². The van der Waals surface area contributed by atoms with E-state index in [9.17, 15) is 4.79 Å². The highest BCUT2D eigenvalue weighted by molar-refractivity contribution is 7.98. The molecule has 0 aliphatic heterocycles. The van der Waals surface area contributed by atoms with E-state index in [0.29, 0.717) is 5.56 Å². The fourth-order valence-corrected chi connectivity index (χ4v) is 2.50. The van der Waals surface area contributed by atoms with Crippen molar-refractivity contribution in [3.05, 3.63) is 23.4 Å². The van der Waals surface area contributed by atoms with Crippen molar-refractivity contribution in [1.29, 1.82) is 0 Å². The highest BCUT2D eigenvalue weighted by Crippen LogP contribution is 2.23. The van der Waals surface area contributed by atoms with Crippen LogP contribution in [0.1, 0.15) is 50.7 Å². The summed E-state index contributed by atoms with van der Waals surface area (Å²) in [5.74, 6) is 1.62. The van der Waals surface area contributed by atoms with Gasteiger partial charge in [-0.3, -0.25) is 4.79 Å². The van der Waals surface area contributed by atoms with Crippen LogP contribution in [0.5, 0.6) is 0 Å². The molecular weight excluding hydrogens is 282 g/mol. The first-order valence-electron chi connectivity index (χ1n) is 7.34. The number of hydrogen-bond donors (Lipinski definition) is 2. The van der Waals surface area contributed by atoms with Crippen LogP contribution in [-0.4, -0.2) is 35.5 Å². The summed E-state index contributed by atoms with van der Waals surface area (Å²) in [4.78, 5) is 17.0. The van der Waals surface area contributed by atoms with Gasteiger partial charge in [0, 0.05) is 35.0 Å². The molecule has 1 aromatic rings. The van der Waals surface area contributed by atoms with Gasteiger partial charge in [0.1, 0.15) is 5.82 Å². The Morgan fingerprint density at radius 2 is 2.05 bits per heavy atom. The topological polar surface area (TPSA) is 54.0 Å². The van der Waals surface area contributed by atoms with Gasteiger partial charge in [-0.2, -0.15) is 11.8 Å². The van der Waals surface area contributed by atoms with Crippen molar-refractivity contribution in [2.24, 2.45) is 0 Å². The van der Waals surface area contributed by atoms with Crippen molar-refractivity contribution in [2.45, 2.75) is 46.1 Å². The molecule has 1 unspecified atom stereocenters. The SMILES string of the molecule is CCNc1cc(C(=O)NC(C)CSC)cc(C(C)(C)C)n1. The summed E-state index contributed by atoms with van der Waals surface area (Å²) in [5.41, 5.74) is 1.49. The van der Waals surface area contributed by atoms with Gasteiger partial charge in [0.05, 0.1) is 0 Å². The van der Waals surface area contributed by atoms with Gasteiger partial charge in [-0.1, -0.05) is 20.8 Å². The number of carbonyl (C=O) groups is 1. The van der Waals surface area contributed by atoms with Gasteiger partial charge in [0.2, 0.25) is 0 Å². The Balaban J connectivity index is 3.04. The van der Waals surface area contributed by atoms with Crippen molar-refractivity contribution in [1.82, 2.24) is 10.3 Å². The molecule has 1 rings (SSSR count). The summed E-state index contributed by atoms with van der Waals surface area (Å²) in [6.07, 6.45) is 2.04. The van der Waals surface area contributed by atoms with Crippen molar-refractivity contribution in [3.63, 3.8) is 0 Å². The van der Waals surface area contributed by atoms with E-state index in [0.717, 1.165) is 23.8 Å². The Bertz CT molecular complexity index is 483. The van der Waals surface area contributed by atoms with Crippen LogP contribution < -0.4 is 10.6 Å². The molecule has 2 N–H and O–H groups in total. The van der Waals surface area contributed by atoms with Crippen LogP contribution in [0.15, 0.2) is 12.1 Å². The molecule has 0 fully saturated rings. The first-order chi connectivity index (χ1) is 9.77. The molecule has 1 amide bonds. The highest BCUT2D eigenvalue weighted by Gasteiger charge is 2.19. The van der Waals surface area contributed by atoms with Gasteiger partial charge in [0.15, 0.2) is 0 Å². The van der Waals surface area contributed by atoms with E-state index in [1.807, 2.05) is 32.2 Å². The van der Waals surface area contributed by atoms with Gasteiger partial charge < -0.3 is 10.6 Å². The maximum Gasteiger partial charge on any atom is 0.251 e. The molecule has 0 aliphatic rings. The largest absolute Gasteiger partial charge is 0.370 e. The Morgan fingerprint density at radius 1 is 1.38 bits per heavy atom. The lowest BCUT2D eigenvalue weighted by Gasteiger charge is -2.20. The van der Waals surface area contributed by atoms with E-state index in [4.69, 9.17) is 0 Å². The fraction of sp³-hybridized carbons (Fsp3) is 0.625. The molecule has 1 aromatic heterocycles. The fourth-order valence-electron chi connectivity index (χ4n) is 1.92. The first-order valence-corrected chi connectivity index (χ1v) is 8.73. The number of hydrogen-bond acceptors (Lipinski definition) is 4. The summed E-state index contributed by atoms with van der Waals surface area (Å²) in [7, 11) is 0. The smallest absolute Gasteiger partial charge is 0.251 e. The number of amides is 1.